The highest BCUT2D eigenvalue weighted by Gasteiger charge is 2.36. The Kier molecular flexibility index (Phi) is 8.66. The average Bonchev–Trinajstić information content (AvgIpc) is 3.38. The number of esters is 1. The maximum absolute atomic E-state index is 13.7. The summed E-state index contributed by atoms with van der Waals surface area (Å²) in [4.78, 5) is 28.0. The Balaban J connectivity index is 1.59. The number of rotatable bonds is 9. The highest BCUT2D eigenvalue weighted by atomic mass is 16.5. The van der Waals surface area contributed by atoms with Gasteiger partial charge >= 0.3 is 5.97 Å². The third kappa shape index (κ3) is 6.05. The minimum atomic E-state index is -0.337. The second kappa shape index (κ2) is 12.1. The molecule has 198 valence electrons. The maximum Gasteiger partial charge on any atom is 0.310 e. The van der Waals surface area contributed by atoms with Crippen LogP contribution in [0.2, 0.25) is 0 Å². The van der Waals surface area contributed by atoms with Gasteiger partial charge in [-0.1, -0.05) is 0 Å². The monoisotopic (exact) mass is 509 g/mol. The van der Waals surface area contributed by atoms with E-state index in [0.29, 0.717) is 31.1 Å². The first kappa shape index (κ1) is 26.5. The minimum Gasteiger partial charge on any atom is -0.497 e. The van der Waals surface area contributed by atoms with Crippen LogP contribution in [0, 0.1) is 5.92 Å². The molecule has 2 heterocycles. The summed E-state index contributed by atoms with van der Waals surface area (Å²) >= 11 is 0. The lowest BCUT2D eigenvalue weighted by atomic mass is 9.97. The van der Waals surface area contributed by atoms with Crippen LogP contribution in [0.25, 0.3) is 0 Å². The lowest BCUT2D eigenvalue weighted by Gasteiger charge is -2.32. The summed E-state index contributed by atoms with van der Waals surface area (Å²) in [5, 5.41) is 6.36. The van der Waals surface area contributed by atoms with Crippen molar-refractivity contribution >= 4 is 17.6 Å². The molecular weight excluding hydrogens is 474 g/mol. The normalized spacial score (nSPS) is 19.8. The zero-order valence-corrected chi connectivity index (χ0v) is 21.9. The Morgan fingerprint density at radius 1 is 1.00 bits per heavy atom. The molecule has 4 rings (SSSR count). The van der Waals surface area contributed by atoms with E-state index < -0.39 is 0 Å². The molecule has 2 aliphatic rings. The number of nitrogens with zero attached hydrogens (tertiary/aromatic N) is 3. The predicted octanol–water partition coefficient (Wildman–Crippen LogP) is 3.67. The molecule has 1 amide bonds. The molecule has 9 nitrogen and oxygen atoms in total. The Bertz CT molecular complexity index is 1130. The maximum atomic E-state index is 13.7. The van der Waals surface area contributed by atoms with Crippen molar-refractivity contribution in [1.29, 1.82) is 0 Å². The topological polar surface area (TPSA) is 89.9 Å². The highest BCUT2D eigenvalue weighted by molar-refractivity contribution is 6.03. The van der Waals surface area contributed by atoms with Crippen LogP contribution < -0.4 is 14.2 Å². The number of carbonyl (C=O) groups excluding carboxylic acids is 2. The number of hydrogen-bond acceptors (Lipinski definition) is 8. The molecular formula is C28H35N3O6. The molecule has 2 aromatic rings. The van der Waals surface area contributed by atoms with Gasteiger partial charge in [0.15, 0.2) is 0 Å². The molecule has 9 heteroatoms. The molecule has 0 bridgehead atoms. The molecule has 37 heavy (non-hydrogen) atoms. The van der Waals surface area contributed by atoms with Gasteiger partial charge in [0.1, 0.15) is 17.2 Å². The number of methoxy groups -OCH3 is 3. The van der Waals surface area contributed by atoms with E-state index in [0.717, 1.165) is 42.0 Å². The van der Waals surface area contributed by atoms with E-state index in [1.165, 1.54) is 0 Å². The van der Waals surface area contributed by atoms with Crippen molar-refractivity contribution in [2.45, 2.75) is 32.2 Å². The molecule has 2 atom stereocenters. The van der Waals surface area contributed by atoms with Crippen LogP contribution in [-0.4, -0.2) is 75.1 Å². The number of benzene rings is 2. The summed E-state index contributed by atoms with van der Waals surface area (Å²) in [5.41, 5.74) is 2.59. The summed E-state index contributed by atoms with van der Waals surface area (Å²) in [7, 11) is 4.84. The smallest absolute Gasteiger partial charge is 0.310 e. The van der Waals surface area contributed by atoms with Crippen LogP contribution in [0.5, 0.6) is 17.2 Å². The van der Waals surface area contributed by atoms with E-state index in [2.05, 4.69) is 0 Å². The van der Waals surface area contributed by atoms with Gasteiger partial charge in [0.2, 0.25) is 0 Å². The van der Waals surface area contributed by atoms with Crippen molar-refractivity contribution in [3.05, 3.63) is 53.6 Å². The van der Waals surface area contributed by atoms with Gasteiger partial charge in [0.05, 0.1) is 52.2 Å². The summed E-state index contributed by atoms with van der Waals surface area (Å²) in [5.74, 6) is 1.53. The fraction of sp³-hybridized carbons (Fsp3) is 0.464. The molecule has 0 aromatic heterocycles. The first-order chi connectivity index (χ1) is 18.0. The summed E-state index contributed by atoms with van der Waals surface area (Å²) < 4.78 is 21.5. The number of hydrazone groups is 1. The molecule has 2 aromatic carbocycles. The van der Waals surface area contributed by atoms with Gasteiger partial charge in [-0.3, -0.25) is 14.5 Å². The number of carbonyl (C=O) groups is 2. The molecule has 0 unspecified atom stereocenters. The average molecular weight is 510 g/mol. The van der Waals surface area contributed by atoms with Crippen molar-refractivity contribution in [2.24, 2.45) is 11.0 Å². The molecule has 0 aliphatic carbocycles. The van der Waals surface area contributed by atoms with Crippen molar-refractivity contribution in [2.75, 3.05) is 47.6 Å². The Morgan fingerprint density at radius 2 is 1.73 bits per heavy atom. The van der Waals surface area contributed by atoms with Gasteiger partial charge in [-0.25, -0.2) is 5.01 Å². The number of ether oxygens (including phenoxy) is 4. The van der Waals surface area contributed by atoms with Crippen LogP contribution in [0.1, 0.15) is 43.4 Å². The fourth-order valence-electron chi connectivity index (χ4n) is 4.95. The fourth-order valence-corrected chi connectivity index (χ4v) is 4.95. The molecule has 0 spiro atoms. The number of amides is 1. The lowest BCUT2D eigenvalue weighted by Crippen LogP contribution is -2.44. The van der Waals surface area contributed by atoms with Crippen LogP contribution in [0.3, 0.4) is 0 Å². The summed E-state index contributed by atoms with van der Waals surface area (Å²) in [6.07, 6.45) is 2.15. The molecule has 0 saturated carbocycles. The second-order valence-electron chi connectivity index (χ2n) is 9.17. The van der Waals surface area contributed by atoms with Crippen molar-refractivity contribution in [3.8, 4) is 17.2 Å². The third-order valence-electron chi connectivity index (χ3n) is 6.87. The van der Waals surface area contributed by atoms with E-state index in [9.17, 15) is 9.59 Å². The number of likely N-dealkylation sites (tertiary alicyclic amines) is 1. The predicted molar refractivity (Wildman–Crippen MR) is 139 cm³/mol. The van der Waals surface area contributed by atoms with Gasteiger partial charge in [-0.2, -0.15) is 5.10 Å². The van der Waals surface area contributed by atoms with Crippen molar-refractivity contribution < 1.29 is 28.5 Å². The standard InChI is InChI=1S/C28H35N3O6/c1-5-37-28(33)20-7-6-14-30(17-20)18-27(32)31-25(23-13-12-22(35-3)15-26(23)36-4)16-24(29-31)19-8-10-21(34-2)11-9-19/h8-13,15,20,25H,5-7,14,16-18H2,1-4H3/t20-,25-/m1/s1. The van der Waals surface area contributed by atoms with E-state index in [-0.39, 0.29) is 30.4 Å². The summed E-state index contributed by atoms with van der Waals surface area (Å²) in [6.45, 7) is 3.59. The van der Waals surface area contributed by atoms with Crippen LogP contribution in [0.4, 0.5) is 0 Å². The lowest BCUT2D eigenvalue weighted by molar-refractivity contribution is -0.150. The molecule has 0 N–H and O–H groups in total. The largest absolute Gasteiger partial charge is 0.497 e. The van der Waals surface area contributed by atoms with Gasteiger partial charge in [-0.05, 0) is 68.3 Å². The van der Waals surface area contributed by atoms with Crippen LogP contribution in [0.15, 0.2) is 47.6 Å². The van der Waals surface area contributed by atoms with E-state index >= 15 is 0 Å². The zero-order valence-electron chi connectivity index (χ0n) is 21.9. The quantitative estimate of drug-likeness (QED) is 0.477. The third-order valence-corrected chi connectivity index (χ3v) is 6.87. The Morgan fingerprint density at radius 3 is 2.41 bits per heavy atom. The molecule has 1 saturated heterocycles. The van der Waals surface area contributed by atoms with Gasteiger partial charge in [-0.15, -0.1) is 0 Å². The molecule has 2 aliphatic heterocycles. The van der Waals surface area contributed by atoms with Gasteiger partial charge in [0, 0.05) is 24.6 Å². The first-order valence-corrected chi connectivity index (χ1v) is 12.6. The second-order valence-corrected chi connectivity index (χ2v) is 9.17. The highest BCUT2D eigenvalue weighted by Crippen LogP contribution is 2.39. The molecule has 0 radical (unpaired) electrons. The number of piperidine rings is 1. The zero-order chi connectivity index (χ0) is 26.4. The Labute approximate surface area is 217 Å². The SMILES string of the molecule is CCOC(=O)[C@@H]1CCCN(CC(=O)N2N=C(c3ccc(OC)cc3)C[C@@H]2c2ccc(OC)cc2OC)C1. The van der Waals surface area contributed by atoms with Crippen LogP contribution in [-0.2, 0) is 14.3 Å². The minimum absolute atomic E-state index is 0.129. The Hall–Kier alpha value is -3.59. The van der Waals surface area contributed by atoms with Crippen LogP contribution >= 0.6 is 0 Å². The summed E-state index contributed by atoms with van der Waals surface area (Å²) in [6, 6.07) is 12.9. The van der Waals surface area contributed by atoms with Gasteiger partial charge in [0.25, 0.3) is 5.91 Å². The van der Waals surface area contributed by atoms with E-state index in [1.54, 1.807) is 33.3 Å². The van der Waals surface area contributed by atoms with Crippen molar-refractivity contribution in [3.63, 3.8) is 0 Å². The first-order valence-electron chi connectivity index (χ1n) is 12.6. The molecule has 1 fully saturated rings. The van der Waals surface area contributed by atoms with E-state index in [1.807, 2.05) is 47.4 Å². The van der Waals surface area contributed by atoms with Gasteiger partial charge < -0.3 is 18.9 Å². The van der Waals surface area contributed by atoms with E-state index in [4.69, 9.17) is 24.0 Å². The van der Waals surface area contributed by atoms with Crippen molar-refractivity contribution in [1.82, 2.24) is 9.91 Å². The number of hydrogen-bond donors (Lipinski definition) is 0.